The second-order valence-corrected chi connectivity index (χ2v) is 5.95. The van der Waals surface area contributed by atoms with E-state index in [1.807, 2.05) is 6.92 Å². The summed E-state index contributed by atoms with van der Waals surface area (Å²) in [5.74, 6) is 1.24. The predicted molar refractivity (Wildman–Crippen MR) is 80.9 cm³/mol. The number of halogens is 3. The van der Waals surface area contributed by atoms with Crippen molar-refractivity contribution < 1.29 is 13.2 Å². The van der Waals surface area contributed by atoms with Gasteiger partial charge in [0, 0.05) is 25.6 Å². The number of aryl methyl sites for hydroxylation is 1. The maximum Gasteiger partial charge on any atom is 0.417 e. The zero-order valence-electron chi connectivity index (χ0n) is 12.3. The largest absolute Gasteiger partial charge is 0.417 e. The van der Waals surface area contributed by atoms with E-state index >= 15 is 0 Å². The summed E-state index contributed by atoms with van der Waals surface area (Å²) in [6, 6.07) is 0.995. The first-order valence-corrected chi connectivity index (χ1v) is 7.74. The molecule has 3 aromatic heterocycles. The van der Waals surface area contributed by atoms with Crippen LogP contribution in [-0.2, 0) is 13.2 Å². The first-order valence-electron chi connectivity index (χ1n) is 6.75. The smallest absolute Gasteiger partial charge is 0.310 e. The number of fused-ring (bicyclic) bond motifs is 1. The second kappa shape index (κ2) is 5.80. The summed E-state index contributed by atoms with van der Waals surface area (Å²) in [6.45, 7) is 1.98. The van der Waals surface area contributed by atoms with E-state index in [0.717, 1.165) is 18.0 Å². The summed E-state index contributed by atoms with van der Waals surface area (Å²) < 4.78 is 40.1. The predicted octanol–water partition coefficient (Wildman–Crippen LogP) is 3.56. The van der Waals surface area contributed by atoms with Crippen LogP contribution in [0.4, 0.5) is 13.2 Å². The molecule has 0 aliphatic rings. The highest BCUT2D eigenvalue weighted by Gasteiger charge is 2.32. The lowest BCUT2D eigenvalue weighted by Crippen LogP contribution is -2.05. The number of aromatic nitrogens is 5. The molecule has 0 unspecified atom stereocenters. The van der Waals surface area contributed by atoms with Gasteiger partial charge in [0.05, 0.1) is 5.56 Å². The third kappa shape index (κ3) is 2.88. The number of hydrogen-bond donors (Lipinski definition) is 0. The Morgan fingerprint density at radius 1 is 1.17 bits per heavy atom. The van der Waals surface area contributed by atoms with Gasteiger partial charge in [-0.2, -0.15) is 13.2 Å². The Labute approximate surface area is 134 Å². The maximum atomic E-state index is 12.8. The monoisotopic (exact) mass is 339 g/mol. The average Bonchev–Trinajstić information content (AvgIpc) is 2.84. The van der Waals surface area contributed by atoms with Crippen molar-refractivity contribution >= 4 is 22.9 Å². The molecule has 120 valence electrons. The normalized spacial score (nSPS) is 12.0. The van der Waals surface area contributed by atoms with Crippen molar-refractivity contribution in [2.24, 2.45) is 7.05 Å². The van der Waals surface area contributed by atoms with Gasteiger partial charge in [0.2, 0.25) is 0 Å². The molecule has 23 heavy (non-hydrogen) atoms. The number of hydrogen-bond acceptors (Lipinski definition) is 5. The highest BCUT2D eigenvalue weighted by atomic mass is 32.2. The molecule has 5 nitrogen and oxygen atoms in total. The summed E-state index contributed by atoms with van der Waals surface area (Å²) in [6.07, 6.45) is -0.534. The van der Waals surface area contributed by atoms with Gasteiger partial charge in [-0.05, 0) is 11.8 Å². The molecular formula is C14H12F3N5S. The van der Waals surface area contributed by atoms with Crippen LogP contribution in [0.5, 0.6) is 0 Å². The van der Waals surface area contributed by atoms with Gasteiger partial charge in [0.1, 0.15) is 16.2 Å². The number of pyridine rings is 1. The molecule has 3 aromatic rings. The molecule has 0 aliphatic heterocycles. The van der Waals surface area contributed by atoms with Gasteiger partial charge in [0.25, 0.3) is 0 Å². The van der Waals surface area contributed by atoms with Gasteiger partial charge in [-0.1, -0.05) is 6.92 Å². The van der Waals surface area contributed by atoms with Crippen molar-refractivity contribution in [3.63, 3.8) is 0 Å². The number of rotatable bonds is 3. The van der Waals surface area contributed by atoms with E-state index in [1.54, 1.807) is 17.8 Å². The molecule has 0 aromatic carbocycles. The van der Waals surface area contributed by atoms with Crippen LogP contribution in [0.1, 0.15) is 12.5 Å². The first-order chi connectivity index (χ1) is 10.9. The molecule has 0 N–H and O–H groups in total. The minimum Gasteiger partial charge on any atom is -0.310 e. The molecule has 0 bridgehead atoms. The molecule has 0 fully saturated rings. The van der Waals surface area contributed by atoms with E-state index in [4.69, 9.17) is 0 Å². The lowest BCUT2D eigenvalue weighted by molar-refractivity contribution is -0.137. The average molecular weight is 339 g/mol. The molecule has 0 amide bonds. The molecule has 3 rings (SSSR count). The fraction of sp³-hybridized carbons (Fsp3) is 0.286. The van der Waals surface area contributed by atoms with Gasteiger partial charge in [-0.3, -0.25) is 0 Å². The van der Waals surface area contributed by atoms with Crippen molar-refractivity contribution in [1.82, 2.24) is 24.5 Å². The molecule has 0 saturated carbocycles. The van der Waals surface area contributed by atoms with Crippen LogP contribution >= 0.6 is 11.8 Å². The lowest BCUT2D eigenvalue weighted by atomic mass is 10.2. The zero-order valence-corrected chi connectivity index (χ0v) is 13.1. The van der Waals surface area contributed by atoms with E-state index < -0.39 is 11.7 Å². The lowest BCUT2D eigenvalue weighted by Gasteiger charge is -2.06. The minimum atomic E-state index is -4.45. The van der Waals surface area contributed by atoms with Crippen molar-refractivity contribution in [2.75, 3.05) is 5.75 Å². The van der Waals surface area contributed by atoms with Gasteiger partial charge >= 0.3 is 6.18 Å². The number of thioether (sulfide) groups is 1. The van der Waals surface area contributed by atoms with Crippen LogP contribution in [0.3, 0.4) is 0 Å². The van der Waals surface area contributed by atoms with Crippen LogP contribution in [0.25, 0.3) is 22.7 Å². The molecule has 3 heterocycles. The van der Waals surface area contributed by atoms with Crippen molar-refractivity contribution in [3.05, 3.63) is 30.2 Å². The van der Waals surface area contributed by atoms with Crippen LogP contribution in [0.2, 0.25) is 0 Å². The van der Waals surface area contributed by atoms with Crippen LogP contribution < -0.4 is 0 Å². The summed E-state index contributed by atoms with van der Waals surface area (Å²) in [5.41, 5.74) is 0.256. The van der Waals surface area contributed by atoms with Crippen LogP contribution in [0.15, 0.2) is 29.7 Å². The van der Waals surface area contributed by atoms with Gasteiger partial charge in [0.15, 0.2) is 11.5 Å². The molecule has 0 aliphatic carbocycles. The Balaban J connectivity index is 2.18. The number of alkyl halides is 3. The van der Waals surface area contributed by atoms with Crippen molar-refractivity contribution in [3.8, 4) is 11.5 Å². The highest BCUT2D eigenvalue weighted by molar-refractivity contribution is 7.99. The number of nitrogens with zero attached hydrogens (tertiary/aromatic N) is 5. The second-order valence-electron chi connectivity index (χ2n) is 4.70. The van der Waals surface area contributed by atoms with E-state index in [0.29, 0.717) is 22.2 Å². The Kier molecular flexibility index (Phi) is 3.97. The summed E-state index contributed by atoms with van der Waals surface area (Å²) in [7, 11) is 1.69. The molecule has 0 spiro atoms. The van der Waals surface area contributed by atoms with Gasteiger partial charge in [-0.15, -0.1) is 11.8 Å². The van der Waals surface area contributed by atoms with Crippen LogP contribution in [0, 0.1) is 0 Å². The summed E-state index contributed by atoms with van der Waals surface area (Å²) in [4.78, 5) is 16.7. The SMILES string of the molecule is CCSc1nccnc1-c1nc2cc(C(F)(F)F)cnc2n1C. The fourth-order valence-corrected chi connectivity index (χ4v) is 2.85. The summed E-state index contributed by atoms with van der Waals surface area (Å²) >= 11 is 1.50. The third-order valence-corrected chi connectivity index (χ3v) is 4.05. The Morgan fingerprint density at radius 3 is 2.61 bits per heavy atom. The van der Waals surface area contributed by atoms with Crippen molar-refractivity contribution in [2.45, 2.75) is 18.1 Å². The highest BCUT2D eigenvalue weighted by Crippen LogP contribution is 2.32. The maximum absolute atomic E-state index is 12.8. The van der Waals surface area contributed by atoms with E-state index in [2.05, 4.69) is 19.9 Å². The topological polar surface area (TPSA) is 56.5 Å². The number of imidazole rings is 1. The zero-order chi connectivity index (χ0) is 16.6. The Bertz CT molecular complexity index is 859. The van der Waals surface area contributed by atoms with Gasteiger partial charge < -0.3 is 4.57 Å². The fourth-order valence-electron chi connectivity index (χ4n) is 2.16. The first kappa shape index (κ1) is 15.7. The third-order valence-electron chi connectivity index (χ3n) is 3.19. The van der Waals surface area contributed by atoms with E-state index in [9.17, 15) is 13.2 Å². The molecule has 0 saturated heterocycles. The van der Waals surface area contributed by atoms with E-state index in [1.165, 1.54) is 18.0 Å². The van der Waals surface area contributed by atoms with Crippen molar-refractivity contribution in [1.29, 1.82) is 0 Å². The molecular weight excluding hydrogens is 327 g/mol. The Morgan fingerprint density at radius 2 is 1.91 bits per heavy atom. The molecule has 0 radical (unpaired) electrons. The minimum absolute atomic E-state index is 0.176. The van der Waals surface area contributed by atoms with Gasteiger partial charge in [-0.25, -0.2) is 19.9 Å². The summed E-state index contributed by atoms with van der Waals surface area (Å²) in [5, 5.41) is 0.685. The standard InChI is InChI=1S/C14H12F3N5S/c1-3-23-13-10(18-4-5-19-13)12-21-9-6-8(14(15,16)17)7-20-11(9)22(12)2/h4-7H,3H2,1-2H3. The molecule has 0 atom stereocenters. The van der Waals surface area contributed by atoms with Crippen LogP contribution in [-0.4, -0.2) is 30.3 Å². The quantitative estimate of drug-likeness (QED) is 0.683. The Hall–Kier alpha value is -2.16. The molecule has 9 heteroatoms. The van der Waals surface area contributed by atoms with E-state index in [-0.39, 0.29) is 5.52 Å².